The van der Waals surface area contributed by atoms with Crippen molar-refractivity contribution in [2.45, 2.75) is 139 Å². The number of alkyl halides is 6. The van der Waals surface area contributed by atoms with Crippen molar-refractivity contribution < 1.29 is 63.1 Å². The molecule has 62 heavy (non-hydrogen) atoms. The third-order valence-electron chi connectivity index (χ3n) is 9.82. The van der Waals surface area contributed by atoms with Gasteiger partial charge in [0.25, 0.3) is 0 Å². The number of carbonyl (C=O) groups excluding carboxylic acids is 6. The fourth-order valence-electron chi connectivity index (χ4n) is 5.90. The van der Waals surface area contributed by atoms with Gasteiger partial charge in [-0.25, -0.2) is 4.79 Å². The van der Waals surface area contributed by atoms with Crippen molar-refractivity contribution in [1.82, 2.24) is 15.1 Å². The van der Waals surface area contributed by atoms with Crippen LogP contribution in [0.2, 0.25) is 0 Å². The molecule has 4 N–H and O–H groups in total. The first kappa shape index (κ1) is 60.0. The summed E-state index contributed by atoms with van der Waals surface area (Å²) < 4.78 is 11.9. The van der Waals surface area contributed by atoms with Gasteiger partial charge in [-0.05, 0) is 65.2 Å². The lowest BCUT2D eigenvalue weighted by atomic mass is 9.96. The lowest BCUT2D eigenvalue weighted by Gasteiger charge is -2.33. The summed E-state index contributed by atoms with van der Waals surface area (Å²) in [6.07, 6.45) is 1.40. The molecular formula is C40H65Cl6N3O13. The SMILES string of the molecule is CC[C@H](C)[C@H](O)C(=O)N[C@@H](C)C(=O)N1CCC[C@@H](C(=O)OCC(Cl)(Cl)Cl)C1.CC[C@H](C)[C@H](O)C(=O)O.C[C@H](CC(=O)OC(C)(C)C)C(=O)N1CCC[C@@H](C(=O)OCC(Cl)(Cl)Cl)C1. The number of ether oxygens (including phenoxy) is 3. The van der Waals surface area contributed by atoms with Gasteiger partial charge in [0.2, 0.25) is 25.3 Å². The van der Waals surface area contributed by atoms with Crippen molar-refractivity contribution in [1.29, 1.82) is 0 Å². The van der Waals surface area contributed by atoms with Crippen LogP contribution in [0, 0.1) is 29.6 Å². The van der Waals surface area contributed by atoms with E-state index in [0.29, 0.717) is 51.6 Å². The van der Waals surface area contributed by atoms with E-state index in [1.54, 1.807) is 53.4 Å². The molecule has 22 heteroatoms. The van der Waals surface area contributed by atoms with Crippen molar-refractivity contribution >= 4 is 111 Å². The molecule has 0 aliphatic carbocycles. The second-order valence-electron chi connectivity index (χ2n) is 16.6. The van der Waals surface area contributed by atoms with Crippen molar-refractivity contribution in [2.24, 2.45) is 29.6 Å². The number of carboxylic acids is 1. The number of hydrogen-bond donors (Lipinski definition) is 4. The van der Waals surface area contributed by atoms with E-state index in [4.69, 9.17) is 94.0 Å². The average molecular weight is 1010 g/mol. The van der Waals surface area contributed by atoms with Crippen molar-refractivity contribution in [3.8, 4) is 0 Å². The van der Waals surface area contributed by atoms with Crippen molar-refractivity contribution in [3.63, 3.8) is 0 Å². The van der Waals surface area contributed by atoms with E-state index < -0.39 is 79.0 Å². The fourth-order valence-corrected chi connectivity index (χ4v) is 6.22. The molecule has 2 saturated heterocycles. The second-order valence-corrected chi connectivity index (χ2v) is 21.6. The number of hydrogen-bond acceptors (Lipinski definition) is 12. The smallest absolute Gasteiger partial charge is 0.332 e. The molecule has 2 aliphatic rings. The summed E-state index contributed by atoms with van der Waals surface area (Å²) in [5.41, 5.74) is -0.595. The number of likely N-dealkylation sites (tertiary alicyclic amines) is 2. The summed E-state index contributed by atoms with van der Waals surface area (Å²) in [7, 11) is 0. The van der Waals surface area contributed by atoms with Gasteiger partial charge in [-0.3, -0.25) is 28.8 Å². The van der Waals surface area contributed by atoms with Gasteiger partial charge in [0.15, 0.2) is 6.10 Å². The highest BCUT2D eigenvalue weighted by Crippen LogP contribution is 2.29. The number of carboxylic acid groups (broad SMARTS) is 1. The van der Waals surface area contributed by atoms with Crippen LogP contribution in [0.15, 0.2) is 0 Å². The summed E-state index contributed by atoms with van der Waals surface area (Å²) in [6.45, 7) is 16.4. The minimum atomic E-state index is -1.69. The van der Waals surface area contributed by atoms with E-state index in [2.05, 4.69) is 5.32 Å². The van der Waals surface area contributed by atoms with Gasteiger partial charge in [-0.2, -0.15) is 0 Å². The molecule has 2 aliphatic heterocycles. The van der Waals surface area contributed by atoms with Crippen LogP contribution in [0.25, 0.3) is 0 Å². The van der Waals surface area contributed by atoms with Gasteiger partial charge in [0, 0.05) is 32.1 Å². The first-order chi connectivity index (χ1) is 28.3. The summed E-state index contributed by atoms with van der Waals surface area (Å²) >= 11 is 33.4. The Morgan fingerprint density at radius 1 is 0.694 bits per heavy atom. The van der Waals surface area contributed by atoms with E-state index >= 15 is 0 Å². The van der Waals surface area contributed by atoms with Gasteiger partial charge < -0.3 is 44.6 Å². The molecule has 2 rings (SSSR count). The number of amides is 3. The minimum absolute atomic E-state index is 0.00498. The van der Waals surface area contributed by atoms with Gasteiger partial charge in [-0.1, -0.05) is 117 Å². The average Bonchev–Trinajstić information content (AvgIpc) is 3.19. The molecule has 0 spiro atoms. The Kier molecular flexibility index (Phi) is 27.2. The van der Waals surface area contributed by atoms with Crippen molar-refractivity contribution in [2.75, 3.05) is 39.4 Å². The van der Waals surface area contributed by atoms with E-state index in [1.807, 2.05) is 13.8 Å². The number of esters is 3. The molecule has 16 nitrogen and oxygen atoms in total. The molecule has 0 aromatic rings. The summed E-state index contributed by atoms with van der Waals surface area (Å²) in [5.74, 6) is -5.52. The van der Waals surface area contributed by atoms with Crippen molar-refractivity contribution in [3.05, 3.63) is 0 Å². The maximum Gasteiger partial charge on any atom is 0.332 e. The largest absolute Gasteiger partial charge is 0.479 e. The van der Waals surface area contributed by atoms with Gasteiger partial charge in [0.05, 0.1) is 18.3 Å². The predicted octanol–water partition coefficient (Wildman–Crippen LogP) is 6.03. The normalized spacial score (nSPS) is 19.9. The lowest BCUT2D eigenvalue weighted by Crippen LogP contribution is -2.53. The number of aliphatic carboxylic acids is 1. The first-order valence-corrected chi connectivity index (χ1v) is 22.8. The number of nitrogens with zero attached hydrogens (tertiary/aromatic N) is 2. The Bertz CT molecular complexity index is 1470. The molecule has 0 aromatic heterocycles. The molecule has 0 unspecified atom stereocenters. The van der Waals surface area contributed by atoms with E-state index in [1.165, 1.54) is 4.90 Å². The Morgan fingerprint density at radius 2 is 1.10 bits per heavy atom. The van der Waals surface area contributed by atoms with Crippen LogP contribution < -0.4 is 5.32 Å². The molecule has 3 amide bonds. The highest BCUT2D eigenvalue weighted by atomic mass is 35.6. The number of rotatable bonds is 15. The molecule has 2 fully saturated rings. The standard InChI is InChI=1S/C17H27Cl3N2O5.C17H26Cl3NO5.C6H12O3/c1-4-10(2)13(23)14(24)21-11(3)15(25)22-7-5-6-12(8-22)16(26)27-9-17(18,19)20;1-11(8-13(22)26-16(2,3)4)14(23)21-7-5-6-12(9-21)15(24)25-10-17(18,19)20;1-3-4(2)5(7)6(8)9/h10-13,23H,4-9H2,1-3H3,(H,21,24);11-12H,5-10H2,1-4H3;4-5,7H,3H2,1-2H3,(H,8,9)/t10-,11-,12+,13-;11-,12-;4-,5-/m010/s1. The number of piperidine rings is 2. The maximum atomic E-state index is 12.6. The van der Waals surface area contributed by atoms with Crippen LogP contribution in [0.5, 0.6) is 0 Å². The quantitative estimate of drug-likeness (QED) is 0.0836. The molecular weight excluding hydrogens is 943 g/mol. The fraction of sp³-hybridized carbons (Fsp3) is 0.825. The van der Waals surface area contributed by atoms with E-state index in [0.717, 1.165) is 0 Å². The van der Waals surface area contributed by atoms with E-state index in [-0.39, 0.29) is 56.4 Å². The third kappa shape index (κ3) is 24.9. The number of nitrogens with one attached hydrogen (secondary N) is 1. The first-order valence-electron chi connectivity index (χ1n) is 20.5. The van der Waals surface area contributed by atoms with Crippen LogP contribution in [0.4, 0.5) is 0 Å². The van der Waals surface area contributed by atoms with Gasteiger partial charge >= 0.3 is 23.9 Å². The Labute approximate surface area is 395 Å². The number of halogens is 6. The van der Waals surface area contributed by atoms with Crippen LogP contribution in [0.3, 0.4) is 0 Å². The zero-order chi connectivity index (χ0) is 48.3. The Morgan fingerprint density at radius 3 is 1.45 bits per heavy atom. The predicted molar refractivity (Wildman–Crippen MR) is 237 cm³/mol. The summed E-state index contributed by atoms with van der Waals surface area (Å²) in [6, 6.07) is -0.813. The second kappa shape index (κ2) is 28.1. The molecule has 0 bridgehead atoms. The topological polar surface area (TPSA) is 226 Å². The number of aliphatic hydroxyl groups excluding tert-OH is 2. The zero-order valence-corrected chi connectivity index (χ0v) is 41.4. The minimum Gasteiger partial charge on any atom is -0.479 e. The highest BCUT2D eigenvalue weighted by Gasteiger charge is 2.36. The van der Waals surface area contributed by atoms with Gasteiger partial charge in [-0.15, -0.1) is 0 Å². The molecule has 2 heterocycles. The van der Waals surface area contributed by atoms with Crippen LogP contribution in [-0.2, 0) is 47.8 Å². The Balaban J connectivity index is 0.00000100. The molecule has 0 saturated carbocycles. The van der Waals surface area contributed by atoms with Crippen LogP contribution in [0.1, 0.15) is 107 Å². The molecule has 8 atom stereocenters. The Hall–Kier alpha value is -2.05. The van der Waals surface area contributed by atoms with Crippen LogP contribution in [-0.4, -0.2) is 138 Å². The maximum absolute atomic E-state index is 12.6. The zero-order valence-electron chi connectivity index (χ0n) is 36.9. The monoisotopic (exact) mass is 1010 g/mol. The van der Waals surface area contributed by atoms with E-state index in [9.17, 15) is 38.7 Å². The molecule has 0 aromatic carbocycles. The van der Waals surface area contributed by atoms with Crippen LogP contribution >= 0.6 is 69.6 Å². The third-order valence-corrected chi connectivity index (χ3v) is 10.5. The number of carbonyl (C=O) groups is 7. The summed E-state index contributed by atoms with van der Waals surface area (Å²) in [5, 5.41) is 29.5. The highest BCUT2D eigenvalue weighted by molar-refractivity contribution is 6.68. The van der Waals surface area contributed by atoms with Gasteiger partial charge in [0.1, 0.15) is 31.0 Å². The summed E-state index contributed by atoms with van der Waals surface area (Å²) in [4.78, 5) is 86.5. The molecule has 0 radical (unpaired) electrons. The lowest BCUT2D eigenvalue weighted by molar-refractivity contribution is -0.159. The number of aliphatic hydroxyl groups is 2. The molecule has 360 valence electrons.